The Labute approximate surface area is 106 Å². The summed E-state index contributed by atoms with van der Waals surface area (Å²) in [5, 5.41) is 0. The summed E-state index contributed by atoms with van der Waals surface area (Å²) in [5.41, 5.74) is 1.08. The van der Waals surface area contributed by atoms with Crippen molar-refractivity contribution in [1.29, 1.82) is 0 Å². The van der Waals surface area contributed by atoms with Gasteiger partial charge < -0.3 is 14.4 Å². The molecule has 1 aromatic carbocycles. The number of rotatable bonds is 2. The number of ether oxygens (including phenoxy) is 2. The van der Waals surface area contributed by atoms with Crippen LogP contribution in [0.4, 0.5) is 0 Å². The number of amides is 1. The fourth-order valence-electron chi connectivity index (χ4n) is 2.25. The number of piperazine rings is 1. The molecule has 3 rings (SSSR count). The van der Waals surface area contributed by atoms with E-state index < -0.39 is 0 Å². The lowest BCUT2D eigenvalue weighted by atomic mass is 10.1. The molecule has 2 aliphatic rings. The van der Waals surface area contributed by atoms with E-state index in [0.29, 0.717) is 13.1 Å². The van der Waals surface area contributed by atoms with Gasteiger partial charge in [0.05, 0.1) is 6.54 Å². The molecule has 0 aromatic heterocycles. The lowest BCUT2D eigenvalue weighted by Gasteiger charge is -2.32. The summed E-state index contributed by atoms with van der Waals surface area (Å²) in [4.78, 5) is 15.8. The van der Waals surface area contributed by atoms with Crippen molar-refractivity contribution in [2.24, 2.45) is 0 Å². The van der Waals surface area contributed by atoms with Crippen LogP contribution in [0.5, 0.6) is 11.5 Å². The molecular weight excluding hydrogens is 232 g/mol. The normalized spacial score (nSPS) is 19.4. The Morgan fingerprint density at radius 2 is 2.06 bits per heavy atom. The number of likely N-dealkylation sites (N-methyl/N-ethyl adjacent to an activating group) is 1. The molecule has 0 unspecified atom stereocenters. The van der Waals surface area contributed by atoms with E-state index in [4.69, 9.17) is 9.47 Å². The van der Waals surface area contributed by atoms with Crippen molar-refractivity contribution in [3.63, 3.8) is 0 Å². The highest BCUT2D eigenvalue weighted by molar-refractivity contribution is 5.79. The molecule has 96 valence electrons. The molecule has 0 spiro atoms. The van der Waals surface area contributed by atoms with Gasteiger partial charge in [0, 0.05) is 19.6 Å². The Morgan fingerprint density at radius 3 is 2.89 bits per heavy atom. The molecule has 0 N–H and O–H groups in total. The van der Waals surface area contributed by atoms with Gasteiger partial charge in [0.2, 0.25) is 12.7 Å². The average Bonchev–Trinajstić information content (AvgIpc) is 2.80. The Hall–Kier alpha value is -1.75. The Bertz CT molecular complexity index is 475. The highest BCUT2D eigenvalue weighted by Crippen LogP contribution is 2.32. The molecule has 1 saturated heterocycles. The van der Waals surface area contributed by atoms with Gasteiger partial charge in [-0.05, 0) is 24.7 Å². The van der Waals surface area contributed by atoms with E-state index >= 15 is 0 Å². The van der Waals surface area contributed by atoms with Crippen molar-refractivity contribution in [2.45, 2.75) is 6.54 Å². The third-order valence-electron chi connectivity index (χ3n) is 3.32. The summed E-state index contributed by atoms with van der Waals surface area (Å²) in [7, 11) is 1.97. The summed E-state index contributed by atoms with van der Waals surface area (Å²) in [5.74, 6) is 1.74. The van der Waals surface area contributed by atoms with Gasteiger partial charge in [-0.25, -0.2) is 0 Å². The number of hydrogen-bond acceptors (Lipinski definition) is 4. The fourth-order valence-corrected chi connectivity index (χ4v) is 2.25. The van der Waals surface area contributed by atoms with Crippen LogP contribution in [-0.2, 0) is 11.3 Å². The monoisotopic (exact) mass is 248 g/mol. The molecule has 1 aromatic rings. The van der Waals surface area contributed by atoms with Crippen LogP contribution in [0.15, 0.2) is 18.2 Å². The number of nitrogens with zero attached hydrogens (tertiary/aromatic N) is 2. The molecule has 5 nitrogen and oxygen atoms in total. The van der Waals surface area contributed by atoms with E-state index in [1.807, 2.05) is 35.0 Å². The second-order valence-corrected chi connectivity index (χ2v) is 4.74. The summed E-state index contributed by atoms with van der Waals surface area (Å²) in [6.45, 7) is 3.14. The van der Waals surface area contributed by atoms with E-state index in [9.17, 15) is 4.79 Å². The quantitative estimate of drug-likeness (QED) is 0.772. The Morgan fingerprint density at radius 1 is 1.22 bits per heavy atom. The van der Waals surface area contributed by atoms with Crippen LogP contribution in [0.25, 0.3) is 0 Å². The lowest BCUT2D eigenvalue weighted by Crippen LogP contribution is -2.48. The van der Waals surface area contributed by atoms with Gasteiger partial charge in [-0.1, -0.05) is 6.07 Å². The number of carbonyl (C=O) groups is 1. The fraction of sp³-hybridized carbons (Fsp3) is 0.462. The number of benzene rings is 1. The van der Waals surface area contributed by atoms with Crippen LogP contribution >= 0.6 is 0 Å². The summed E-state index contributed by atoms with van der Waals surface area (Å²) >= 11 is 0. The van der Waals surface area contributed by atoms with Gasteiger partial charge in [-0.2, -0.15) is 0 Å². The maximum absolute atomic E-state index is 11.9. The predicted molar refractivity (Wildman–Crippen MR) is 65.5 cm³/mol. The first-order chi connectivity index (χ1) is 8.72. The van der Waals surface area contributed by atoms with E-state index in [2.05, 4.69) is 0 Å². The zero-order valence-electron chi connectivity index (χ0n) is 10.4. The van der Waals surface area contributed by atoms with Gasteiger partial charge in [-0.3, -0.25) is 9.69 Å². The van der Waals surface area contributed by atoms with E-state index in [-0.39, 0.29) is 12.7 Å². The highest BCUT2D eigenvalue weighted by Gasteiger charge is 2.22. The highest BCUT2D eigenvalue weighted by atomic mass is 16.7. The molecule has 0 radical (unpaired) electrons. The maximum Gasteiger partial charge on any atom is 0.237 e. The maximum atomic E-state index is 11.9. The Kier molecular flexibility index (Phi) is 2.83. The predicted octanol–water partition coefficient (Wildman–Crippen LogP) is 0.689. The third kappa shape index (κ3) is 2.13. The Balaban J connectivity index is 1.71. The minimum atomic E-state index is 0.182. The van der Waals surface area contributed by atoms with Gasteiger partial charge in [-0.15, -0.1) is 0 Å². The zero-order valence-corrected chi connectivity index (χ0v) is 10.4. The summed E-state index contributed by atoms with van der Waals surface area (Å²) in [6.07, 6.45) is 0. The summed E-state index contributed by atoms with van der Waals surface area (Å²) < 4.78 is 10.6. The first-order valence-electron chi connectivity index (χ1n) is 6.07. The smallest absolute Gasteiger partial charge is 0.237 e. The molecule has 0 bridgehead atoms. The number of fused-ring (bicyclic) bond motifs is 1. The molecule has 18 heavy (non-hydrogen) atoms. The lowest BCUT2D eigenvalue weighted by molar-refractivity contribution is -0.136. The molecule has 2 aliphatic heterocycles. The van der Waals surface area contributed by atoms with Crippen LogP contribution in [-0.4, -0.2) is 49.2 Å². The van der Waals surface area contributed by atoms with E-state index in [1.165, 1.54) is 0 Å². The molecule has 0 aliphatic carbocycles. The second kappa shape index (κ2) is 4.49. The second-order valence-electron chi connectivity index (χ2n) is 4.74. The SMILES string of the molecule is CN1CCN(Cc2ccc3c(c2)OCO3)C(=O)C1. The van der Waals surface area contributed by atoms with Crippen molar-refractivity contribution >= 4 is 5.91 Å². The molecule has 2 heterocycles. The molecular formula is C13H16N2O3. The summed E-state index contributed by atoms with van der Waals surface area (Å²) in [6, 6.07) is 5.84. The largest absolute Gasteiger partial charge is 0.454 e. The molecule has 5 heteroatoms. The van der Waals surface area contributed by atoms with Gasteiger partial charge in [0.25, 0.3) is 0 Å². The third-order valence-corrected chi connectivity index (χ3v) is 3.32. The minimum Gasteiger partial charge on any atom is -0.454 e. The van der Waals surface area contributed by atoms with Crippen LogP contribution in [0.3, 0.4) is 0 Å². The van der Waals surface area contributed by atoms with Crippen LogP contribution in [0, 0.1) is 0 Å². The van der Waals surface area contributed by atoms with Gasteiger partial charge in [0.15, 0.2) is 11.5 Å². The first-order valence-corrected chi connectivity index (χ1v) is 6.07. The van der Waals surface area contributed by atoms with Crippen molar-refractivity contribution in [2.75, 3.05) is 33.5 Å². The molecule has 0 atom stereocenters. The van der Waals surface area contributed by atoms with Crippen molar-refractivity contribution in [3.8, 4) is 11.5 Å². The topological polar surface area (TPSA) is 42.0 Å². The van der Waals surface area contributed by atoms with Crippen molar-refractivity contribution in [1.82, 2.24) is 9.80 Å². The van der Waals surface area contributed by atoms with Gasteiger partial charge >= 0.3 is 0 Å². The average molecular weight is 248 g/mol. The van der Waals surface area contributed by atoms with Crippen LogP contribution < -0.4 is 9.47 Å². The van der Waals surface area contributed by atoms with Gasteiger partial charge in [0.1, 0.15) is 0 Å². The first kappa shape index (κ1) is 11.3. The van der Waals surface area contributed by atoms with Crippen molar-refractivity contribution < 1.29 is 14.3 Å². The molecule has 0 saturated carbocycles. The minimum absolute atomic E-state index is 0.182. The van der Waals surface area contributed by atoms with Crippen molar-refractivity contribution in [3.05, 3.63) is 23.8 Å². The van der Waals surface area contributed by atoms with E-state index in [0.717, 1.165) is 30.2 Å². The zero-order chi connectivity index (χ0) is 12.5. The van der Waals surface area contributed by atoms with Crippen LogP contribution in [0.2, 0.25) is 0 Å². The molecule has 1 amide bonds. The van der Waals surface area contributed by atoms with E-state index in [1.54, 1.807) is 0 Å². The van der Waals surface area contributed by atoms with Crippen LogP contribution in [0.1, 0.15) is 5.56 Å². The number of carbonyl (C=O) groups excluding carboxylic acids is 1. The molecule has 1 fully saturated rings. The standard InChI is InChI=1S/C13H16N2O3/c1-14-4-5-15(13(16)8-14)7-10-2-3-11-12(6-10)18-9-17-11/h2-3,6H,4-5,7-9H2,1H3. The number of hydrogen-bond donors (Lipinski definition) is 0.